The molecule has 8 heteroatoms. The summed E-state index contributed by atoms with van der Waals surface area (Å²) in [6, 6.07) is 12.4. The summed E-state index contributed by atoms with van der Waals surface area (Å²) in [7, 11) is 1.62. The van der Waals surface area contributed by atoms with Crippen molar-refractivity contribution in [1.29, 1.82) is 0 Å². The van der Waals surface area contributed by atoms with Gasteiger partial charge in [-0.3, -0.25) is 0 Å². The highest BCUT2D eigenvalue weighted by Gasteiger charge is 2.36. The molecule has 4 rings (SSSR count). The molecule has 1 N–H and O–H groups in total. The molecule has 2 heterocycles. The number of hydrogen-bond acceptors (Lipinski definition) is 5. The zero-order valence-corrected chi connectivity index (χ0v) is 18.2. The lowest BCUT2D eigenvalue weighted by atomic mass is 9.94. The first-order valence-electron chi connectivity index (χ1n) is 9.51. The predicted molar refractivity (Wildman–Crippen MR) is 113 cm³/mol. The number of nitrogens with zero attached hydrogens (tertiary/aromatic N) is 1. The third-order valence-corrected chi connectivity index (χ3v) is 5.93. The zero-order valence-electron chi connectivity index (χ0n) is 16.6. The van der Waals surface area contributed by atoms with Gasteiger partial charge in [-0.15, -0.1) is 0 Å². The number of fused-ring (bicyclic) bond motifs is 1. The highest BCUT2D eigenvalue weighted by molar-refractivity contribution is 9.10. The molecule has 0 bridgehead atoms. The second kappa shape index (κ2) is 8.39. The molecule has 2 aliphatic heterocycles. The molecule has 0 aliphatic carbocycles. The lowest BCUT2D eigenvalue weighted by molar-refractivity contribution is -0.139. The van der Waals surface area contributed by atoms with Crippen molar-refractivity contribution in [2.45, 2.75) is 19.4 Å². The first kappa shape index (κ1) is 20.3. The maximum atomic E-state index is 13.1. The van der Waals surface area contributed by atoms with Gasteiger partial charge in [-0.05, 0) is 30.2 Å². The van der Waals surface area contributed by atoms with E-state index in [1.807, 2.05) is 30.3 Å². The Balaban J connectivity index is 1.61. The van der Waals surface area contributed by atoms with Gasteiger partial charge in [0.25, 0.3) is 0 Å². The molecule has 2 amide bonds. The van der Waals surface area contributed by atoms with Crippen LogP contribution in [-0.4, -0.2) is 37.3 Å². The van der Waals surface area contributed by atoms with Crippen LogP contribution in [0.15, 0.2) is 58.2 Å². The number of hydrogen-bond donors (Lipinski definition) is 1. The molecule has 1 atom stereocenters. The molecule has 0 unspecified atom stereocenters. The number of rotatable bonds is 5. The van der Waals surface area contributed by atoms with Crippen molar-refractivity contribution >= 4 is 27.9 Å². The predicted octanol–water partition coefficient (Wildman–Crippen LogP) is 3.93. The largest absolute Gasteiger partial charge is 0.462 e. The van der Waals surface area contributed by atoms with Gasteiger partial charge in [-0.1, -0.05) is 46.3 Å². The van der Waals surface area contributed by atoms with Gasteiger partial charge < -0.3 is 24.4 Å². The van der Waals surface area contributed by atoms with Crippen molar-refractivity contribution < 1.29 is 23.8 Å². The minimum Gasteiger partial charge on any atom is -0.462 e. The average Bonchev–Trinajstić information content (AvgIpc) is 3.19. The van der Waals surface area contributed by atoms with Gasteiger partial charge >= 0.3 is 12.0 Å². The second-order valence-corrected chi connectivity index (χ2v) is 7.89. The Morgan fingerprint density at radius 2 is 1.93 bits per heavy atom. The molecule has 156 valence electrons. The van der Waals surface area contributed by atoms with E-state index in [-0.39, 0.29) is 19.4 Å². The van der Waals surface area contributed by atoms with E-state index in [0.717, 1.165) is 5.56 Å². The Morgan fingerprint density at radius 1 is 1.23 bits per heavy atom. The van der Waals surface area contributed by atoms with Crippen LogP contribution in [0.3, 0.4) is 0 Å². The van der Waals surface area contributed by atoms with E-state index in [9.17, 15) is 9.59 Å². The maximum absolute atomic E-state index is 13.1. The van der Waals surface area contributed by atoms with Crippen LogP contribution in [0.25, 0.3) is 0 Å². The Morgan fingerprint density at radius 3 is 2.67 bits per heavy atom. The lowest BCUT2D eigenvalue weighted by Gasteiger charge is -2.33. The van der Waals surface area contributed by atoms with E-state index in [2.05, 4.69) is 21.2 Å². The molecule has 0 saturated carbocycles. The molecular formula is C22H21BrN2O5. The fraction of sp³-hybridized carbons (Fsp3) is 0.273. The van der Waals surface area contributed by atoms with Gasteiger partial charge in [0.1, 0.15) is 0 Å². The minimum atomic E-state index is -0.679. The van der Waals surface area contributed by atoms with Gasteiger partial charge in [0.05, 0.1) is 18.2 Å². The van der Waals surface area contributed by atoms with E-state index in [0.29, 0.717) is 39.2 Å². The molecule has 0 spiro atoms. The summed E-state index contributed by atoms with van der Waals surface area (Å²) >= 11 is 3.53. The highest BCUT2D eigenvalue weighted by atomic mass is 79.9. The normalized spacial score (nSPS) is 17.8. The number of benzene rings is 2. The van der Waals surface area contributed by atoms with Crippen molar-refractivity contribution in [1.82, 2.24) is 10.2 Å². The molecular weight excluding hydrogens is 452 g/mol. The SMILES string of the molecule is CC1=C(C(=O)OCCc2ccccc2)[C@H](c2cc3c(cc2Br)OCO3)NC(=O)N1C. The number of ether oxygens (including phenoxy) is 3. The summed E-state index contributed by atoms with van der Waals surface area (Å²) < 4.78 is 17.1. The second-order valence-electron chi connectivity index (χ2n) is 7.04. The third kappa shape index (κ3) is 3.87. The Labute approximate surface area is 182 Å². The van der Waals surface area contributed by atoms with Crippen molar-refractivity contribution in [2.75, 3.05) is 20.4 Å². The monoisotopic (exact) mass is 472 g/mol. The molecule has 2 aromatic rings. The lowest BCUT2D eigenvalue weighted by Crippen LogP contribution is -2.46. The molecule has 0 saturated heterocycles. The van der Waals surface area contributed by atoms with E-state index in [1.54, 1.807) is 26.1 Å². The fourth-order valence-electron chi connectivity index (χ4n) is 3.47. The zero-order chi connectivity index (χ0) is 21.3. The number of nitrogens with one attached hydrogen (secondary N) is 1. The summed E-state index contributed by atoms with van der Waals surface area (Å²) in [6.45, 7) is 2.11. The summed E-state index contributed by atoms with van der Waals surface area (Å²) in [4.78, 5) is 26.9. The maximum Gasteiger partial charge on any atom is 0.338 e. The van der Waals surface area contributed by atoms with E-state index >= 15 is 0 Å². The molecule has 0 fully saturated rings. The third-order valence-electron chi connectivity index (χ3n) is 5.24. The first-order valence-corrected chi connectivity index (χ1v) is 10.3. The van der Waals surface area contributed by atoms with Crippen molar-refractivity contribution in [2.24, 2.45) is 0 Å². The van der Waals surface area contributed by atoms with Crippen LogP contribution in [0.2, 0.25) is 0 Å². The fourth-order valence-corrected chi connectivity index (χ4v) is 4.02. The number of esters is 1. The topological polar surface area (TPSA) is 77.1 Å². The van der Waals surface area contributed by atoms with Crippen molar-refractivity contribution in [3.63, 3.8) is 0 Å². The number of allylic oxidation sites excluding steroid dienone is 1. The summed E-state index contributed by atoms with van der Waals surface area (Å²) in [5.74, 6) is 0.707. The number of amides is 2. The Kier molecular flexibility index (Phi) is 5.67. The van der Waals surface area contributed by atoms with Crippen LogP contribution in [0.4, 0.5) is 4.79 Å². The Hall–Kier alpha value is -3.00. The van der Waals surface area contributed by atoms with Crippen molar-refractivity contribution in [3.05, 3.63) is 69.3 Å². The van der Waals surface area contributed by atoms with Crippen LogP contribution in [0, 0.1) is 0 Å². The molecule has 7 nitrogen and oxygen atoms in total. The number of urea groups is 1. The van der Waals surface area contributed by atoms with Gasteiger partial charge in [0, 0.05) is 23.6 Å². The van der Waals surface area contributed by atoms with Crippen LogP contribution >= 0.6 is 15.9 Å². The molecule has 0 aromatic heterocycles. The van der Waals surface area contributed by atoms with E-state index < -0.39 is 12.0 Å². The average molecular weight is 473 g/mol. The Bertz CT molecular complexity index is 1020. The van der Waals surface area contributed by atoms with Crippen LogP contribution < -0.4 is 14.8 Å². The molecule has 2 aliphatic rings. The minimum absolute atomic E-state index is 0.133. The smallest absolute Gasteiger partial charge is 0.338 e. The van der Waals surface area contributed by atoms with E-state index in [4.69, 9.17) is 14.2 Å². The van der Waals surface area contributed by atoms with Crippen LogP contribution in [0.5, 0.6) is 11.5 Å². The number of carbonyl (C=O) groups excluding carboxylic acids is 2. The molecule has 2 aromatic carbocycles. The van der Waals surface area contributed by atoms with Gasteiger partial charge in [-0.25, -0.2) is 9.59 Å². The van der Waals surface area contributed by atoms with Crippen molar-refractivity contribution in [3.8, 4) is 11.5 Å². The first-order chi connectivity index (χ1) is 14.5. The summed E-state index contributed by atoms with van der Waals surface area (Å²) in [5, 5.41) is 2.89. The number of carbonyl (C=O) groups is 2. The standard InChI is InChI=1S/C22H21BrN2O5/c1-13-19(21(26)28-9-8-14-6-4-3-5-7-14)20(24-22(27)25(13)2)15-10-17-18(11-16(15)23)30-12-29-17/h3-7,10-11,20H,8-9,12H2,1-2H3,(H,24,27)/t20-/m0/s1. The van der Waals surface area contributed by atoms with E-state index in [1.165, 1.54) is 4.90 Å². The van der Waals surface area contributed by atoms with Gasteiger partial charge in [-0.2, -0.15) is 0 Å². The molecule has 30 heavy (non-hydrogen) atoms. The summed E-state index contributed by atoms with van der Waals surface area (Å²) in [6.07, 6.45) is 0.611. The summed E-state index contributed by atoms with van der Waals surface area (Å²) in [5.41, 5.74) is 2.69. The molecule has 0 radical (unpaired) electrons. The quantitative estimate of drug-likeness (QED) is 0.666. The van der Waals surface area contributed by atoms with Crippen LogP contribution in [0.1, 0.15) is 24.1 Å². The van der Waals surface area contributed by atoms with Gasteiger partial charge in [0.15, 0.2) is 11.5 Å². The highest BCUT2D eigenvalue weighted by Crippen LogP contribution is 2.42. The van der Waals surface area contributed by atoms with Crippen LogP contribution in [-0.2, 0) is 16.0 Å². The number of halogens is 1. The van der Waals surface area contributed by atoms with Gasteiger partial charge in [0.2, 0.25) is 6.79 Å².